The number of aliphatic imine (C=N–C) groups is 1. The zero-order chi connectivity index (χ0) is 17.5. The highest BCUT2D eigenvalue weighted by Crippen LogP contribution is 2.53. The van der Waals surface area contributed by atoms with Crippen molar-refractivity contribution in [1.29, 1.82) is 0 Å². The van der Waals surface area contributed by atoms with Crippen LogP contribution >= 0.6 is 23.4 Å². The number of thioether (sulfide) groups is 1. The molecule has 1 aromatic rings. The summed E-state index contributed by atoms with van der Waals surface area (Å²) < 4.78 is 0. The minimum atomic E-state index is 0.00415. The largest absolute Gasteiger partial charge is 0.633 e. The fourth-order valence-corrected chi connectivity index (χ4v) is 7.23. The molecule has 0 N–H and O–H groups in total. The Balaban J connectivity index is 1.52. The number of benzene rings is 1. The van der Waals surface area contributed by atoms with Gasteiger partial charge in [0.1, 0.15) is 0 Å². The quantitative estimate of drug-likeness (QED) is 0.599. The number of hydrogen-bond donors (Lipinski definition) is 0. The molecule has 2 heterocycles. The maximum Gasteiger partial charge on any atom is 0.0521 e. The lowest BCUT2D eigenvalue weighted by atomic mass is 9.80. The summed E-state index contributed by atoms with van der Waals surface area (Å²) in [7, 11) is 0. The van der Waals surface area contributed by atoms with E-state index in [1.807, 2.05) is 0 Å². The third-order valence-corrected chi connectivity index (χ3v) is 8.22. The summed E-state index contributed by atoms with van der Waals surface area (Å²) in [5, 5.41) is 6.67. The summed E-state index contributed by atoms with van der Waals surface area (Å²) in [5.41, 5.74) is 3.90. The number of hydrogen-bond acceptors (Lipinski definition) is 2. The van der Waals surface area contributed by atoms with Crippen molar-refractivity contribution >= 4 is 29.1 Å². The number of nitrogens with zero attached hydrogens (tertiary/aromatic N) is 2. The van der Waals surface area contributed by atoms with Crippen molar-refractivity contribution in [3.63, 3.8) is 0 Å². The van der Waals surface area contributed by atoms with Gasteiger partial charge >= 0.3 is 0 Å². The van der Waals surface area contributed by atoms with Gasteiger partial charge in [-0.2, -0.15) is 0 Å². The normalized spacial score (nSPS) is 39.0. The van der Waals surface area contributed by atoms with E-state index in [2.05, 4.69) is 60.3 Å². The Morgan fingerprint density at radius 3 is 2.85 bits per heavy atom. The van der Waals surface area contributed by atoms with Gasteiger partial charge in [0, 0.05) is 15.9 Å². The third kappa shape index (κ3) is 3.08. The molecule has 1 saturated carbocycles. The summed E-state index contributed by atoms with van der Waals surface area (Å²) in [6.07, 6.45) is 12.3. The van der Waals surface area contributed by atoms with Crippen LogP contribution in [0.4, 0.5) is 0 Å². The number of fused-ring (bicyclic) bond motifs is 3. The summed E-state index contributed by atoms with van der Waals surface area (Å²) >= 11 is 8.59. The molecule has 2 aliphatic carbocycles. The Kier molecular flexibility index (Phi) is 4.72. The molecule has 2 nitrogen and oxygen atoms in total. The molecule has 2 aliphatic heterocycles. The number of rotatable bonds is 2. The Bertz CT molecular complexity index is 757. The fraction of sp³-hybridized carbons (Fsp3) is 0.500. The molecular weight excluding hydrogens is 360 g/mol. The highest BCUT2D eigenvalue weighted by Gasteiger charge is 2.45. The van der Waals surface area contributed by atoms with Crippen LogP contribution in [-0.2, 0) is 0 Å². The Morgan fingerprint density at radius 2 is 2.04 bits per heavy atom. The van der Waals surface area contributed by atoms with Crippen LogP contribution in [0.1, 0.15) is 37.7 Å². The monoisotopic (exact) mass is 383 g/mol. The van der Waals surface area contributed by atoms with Crippen molar-refractivity contribution in [3.05, 3.63) is 65.0 Å². The second-order valence-electron chi connectivity index (χ2n) is 7.77. The van der Waals surface area contributed by atoms with E-state index in [-0.39, 0.29) is 6.17 Å². The predicted octanol–water partition coefficient (Wildman–Crippen LogP) is 5.73. The van der Waals surface area contributed by atoms with Crippen molar-refractivity contribution in [1.82, 2.24) is 0 Å². The van der Waals surface area contributed by atoms with E-state index in [0.717, 1.165) is 25.7 Å². The van der Waals surface area contributed by atoms with Crippen LogP contribution in [0, 0.1) is 5.92 Å². The minimum Gasteiger partial charge on any atom is -0.633 e. The first-order valence-electron chi connectivity index (χ1n) is 9.78. The molecule has 0 radical (unpaired) electrons. The van der Waals surface area contributed by atoms with Crippen molar-refractivity contribution in [3.8, 4) is 0 Å². The molecule has 4 aliphatic rings. The number of alkyl halides is 1. The summed E-state index contributed by atoms with van der Waals surface area (Å²) in [6, 6.07) is 11.1. The van der Waals surface area contributed by atoms with Crippen LogP contribution in [0.15, 0.2) is 59.1 Å². The summed E-state index contributed by atoms with van der Waals surface area (Å²) in [4.78, 5) is 5.19. The van der Waals surface area contributed by atoms with Crippen molar-refractivity contribution in [2.45, 2.75) is 60.2 Å². The van der Waals surface area contributed by atoms with Crippen LogP contribution in [0.2, 0.25) is 0 Å². The lowest BCUT2D eigenvalue weighted by molar-refractivity contribution is 0.353. The first-order chi connectivity index (χ1) is 12.8. The van der Waals surface area contributed by atoms with Gasteiger partial charge in [-0.3, -0.25) is 0 Å². The minimum absolute atomic E-state index is 0.00415. The molecule has 5 rings (SSSR count). The van der Waals surface area contributed by atoms with E-state index in [9.17, 15) is 0 Å². The lowest BCUT2D eigenvalue weighted by Gasteiger charge is -2.48. The van der Waals surface area contributed by atoms with Gasteiger partial charge in [-0.05, 0) is 49.8 Å². The van der Waals surface area contributed by atoms with Gasteiger partial charge < -0.3 is 10.3 Å². The maximum atomic E-state index is 6.49. The van der Waals surface area contributed by atoms with Crippen molar-refractivity contribution in [2.24, 2.45) is 10.9 Å². The van der Waals surface area contributed by atoms with E-state index in [0.29, 0.717) is 27.8 Å². The molecular formula is C22H24ClN2S-. The van der Waals surface area contributed by atoms with E-state index >= 15 is 0 Å². The number of halogens is 1. The van der Waals surface area contributed by atoms with Gasteiger partial charge in [-0.15, -0.1) is 29.4 Å². The molecule has 26 heavy (non-hydrogen) atoms. The van der Waals surface area contributed by atoms with Gasteiger partial charge in [-0.25, -0.2) is 0 Å². The summed E-state index contributed by atoms with van der Waals surface area (Å²) in [6.45, 7) is 0. The molecule has 6 atom stereocenters. The van der Waals surface area contributed by atoms with E-state index in [4.69, 9.17) is 21.9 Å². The average Bonchev–Trinajstić information content (AvgIpc) is 3.06. The standard InChI is InChI=1S/C22H24ClN2S/c23-16-11-12-17-18(13-16)26-21-19(14-7-3-1-4-8-14)24-22(25-20(17)21)15-9-5-2-6-10-15/h1-5,7-9,16-18,20-22H,6,10-13H2/q-1. The van der Waals surface area contributed by atoms with Crippen LogP contribution in [0.25, 0.3) is 5.32 Å². The molecule has 0 amide bonds. The molecule has 6 unspecified atom stereocenters. The maximum absolute atomic E-state index is 6.49. The topological polar surface area (TPSA) is 26.5 Å². The zero-order valence-electron chi connectivity index (χ0n) is 14.8. The van der Waals surface area contributed by atoms with Crippen molar-refractivity contribution < 1.29 is 0 Å². The highest BCUT2D eigenvalue weighted by atomic mass is 35.5. The van der Waals surface area contributed by atoms with E-state index in [1.54, 1.807) is 0 Å². The van der Waals surface area contributed by atoms with E-state index in [1.165, 1.54) is 23.3 Å². The van der Waals surface area contributed by atoms with Gasteiger partial charge in [0.05, 0.1) is 5.71 Å². The first-order valence-corrected chi connectivity index (χ1v) is 11.2. The van der Waals surface area contributed by atoms with Crippen LogP contribution in [-0.4, -0.2) is 33.8 Å². The van der Waals surface area contributed by atoms with Crippen LogP contribution in [0.3, 0.4) is 0 Å². The van der Waals surface area contributed by atoms with E-state index < -0.39 is 0 Å². The second kappa shape index (κ2) is 7.18. The molecule has 2 fully saturated rings. The van der Waals surface area contributed by atoms with Gasteiger partial charge in [0.15, 0.2) is 0 Å². The molecule has 1 aromatic carbocycles. The predicted molar refractivity (Wildman–Crippen MR) is 113 cm³/mol. The van der Waals surface area contributed by atoms with Gasteiger partial charge in [0.2, 0.25) is 0 Å². The molecule has 136 valence electrons. The molecule has 1 saturated heterocycles. The van der Waals surface area contributed by atoms with Gasteiger partial charge in [-0.1, -0.05) is 54.1 Å². The molecule has 0 spiro atoms. The number of allylic oxidation sites excluding steroid dienone is 3. The van der Waals surface area contributed by atoms with Crippen molar-refractivity contribution in [2.75, 3.05) is 0 Å². The average molecular weight is 384 g/mol. The second-order valence-corrected chi connectivity index (χ2v) is 9.77. The smallest absolute Gasteiger partial charge is 0.0521 e. The van der Waals surface area contributed by atoms with Gasteiger partial charge in [0.25, 0.3) is 0 Å². The Hall–Kier alpha value is -1.03. The fourth-order valence-electron chi connectivity index (χ4n) is 4.82. The highest BCUT2D eigenvalue weighted by molar-refractivity contribution is 8.01. The summed E-state index contributed by atoms with van der Waals surface area (Å²) in [5.74, 6) is 0.663. The SMILES string of the molecule is ClC1CCC2C(C1)SC1C(c3ccccc3)=NC(C3=CC=CCC3)[N-]C12. The first kappa shape index (κ1) is 17.1. The Labute approximate surface area is 165 Å². The zero-order valence-corrected chi connectivity index (χ0v) is 16.4. The lowest BCUT2D eigenvalue weighted by Crippen LogP contribution is -2.40. The molecule has 4 heteroatoms. The van der Waals surface area contributed by atoms with Crippen LogP contribution < -0.4 is 0 Å². The molecule has 0 bridgehead atoms. The molecule has 0 aromatic heterocycles. The Morgan fingerprint density at radius 1 is 1.15 bits per heavy atom. The van der Waals surface area contributed by atoms with Crippen LogP contribution in [0.5, 0.6) is 0 Å². The third-order valence-electron chi connectivity index (χ3n) is 6.14.